The summed E-state index contributed by atoms with van der Waals surface area (Å²) in [6, 6.07) is 6.04. The molecule has 1 fully saturated rings. The predicted molar refractivity (Wildman–Crippen MR) is 80.3 cm³/mol. The van der Waals surface area contributed by atoms with Gasteiger partial charge in [-0.3, -0.25) is 4.90 Å². The maximum Gasteiger partial charge on any atom is 0.122 e. The first kappa shape index (κ1) is 14.4. The Bertz CT molecular complexity index is 425. The van der Waals surface area contributed by atoms with E-state index in [4.69, 9.17) is 0 Å². The fourth-order valence-corrected chi connectivity index (χ4v) is 3.05. The van der Waals surface area contributed by atoms with Gasteiger partial charge in [0.25, 0.3) is 0 Å². The third-order valence-corrected chi connectivity index (χ3v) is 4.53. The van der Waals surface area contributed by atoms with Crippen molar-refractivity contribution in [3.05, 3.63) is 29.3 Å². The molecule has 0 unspecified atom stereocenters. The lowest BCUT2D eigenvalue weighted by atomic mass is 9.75. The average molecular weight is 261 g/mol. The van der Waals surface area contributed by atoms with Crippen LogP contribution in [0, 0.1) is 18.3 Å². The van der Waals surface area contributed by atoms with Gasteiger partial charge in [-0.1, -0.05) is 39.0 Å². The molecular formula is C17H27NO. The van der Waals surface area contributed by atoms with E-state index >= 15 is 0 Å². The number of piperidine rings is 1. The highest BCUT2D eigenvalue weighted by atomic mass is 16.3. The summed E-state index contributed by atoms with van der Waals surface area (Å²) < 4.78 is 0. The number of nitrogens with zero attached hydrogens (tertiary/aromatic N) is 1. The Balaban J connectivity index is 1.94. The van der Waals surface area contributed by atoms with Crippen molar-refractivity contribution in [2.75, 3.05) is 13.1 Å². The van der Waals surface area contributed by atoms with Crippen molar-refractivity contribution in [3.63, 3.8) is 0 Å². The summed E-state index contributed by atoms with van der Waals surface area (Å²) in [6.45, 7) is 12.2. The zero-order valence-corrected chi connectivity index (χ0v) is 12.7. The lowest BCUT2D eigenvalue weighted by molar-refractivity contribution is 0.107. The van der Waals surface area contributed by atoms with Crippen LogP contribution in [0.3, 0.4) is 0 Å². The summed E-state index contributed by atoms with van der Waals surface area (Å²) in [7, 11) is 0. The second kappa shape index (κ2) is 5.54. The fraction of sp³-hybridized carbons (Fsp3) is 0.647. The minimum atomic E-state index is 0.428. The molecule has 0 bridgehead atoms. The average Bonchev–Trinajstić information content (AvgIpc) is 2.35. The van der Waals surface area contributed by atoms with Crippen molar-refractivity contribution < 1.29 is 5.11 Å². The SMILES string of the molecule is Cc1cccc(CN2CCC(C(C)(C)C)CC2)c1O. The van der Waals surface area contributed by atoms with Crippen LogP contribution in [-0.4, -0.2) is 23.1 Å². The molecule has 1 N–H and O–H groups in total. The first-order valence-corrected chi connectivity index (χ1v) is 7.38. The lowest BCUT2D eigenvalue weighted by Crippen LogP contribution is -2.37. The van der Waals surface area contributed by atoms with Crippen LogP contribution >= 0.6 is 0 Å². The lowest BCUT2D eigenvalue weighted by Gasteiger charge is -2.38. The molecule has 0 aliphatic carbocycles. The van der Waals surface area contributed by atoms with Crippen LogP contribution in [0.25, 0.3) is 0 Å². The van der Waals surface area contributed by atoms with Gasteiger partial charge in [-0.25, -0.2) is 0 Å². The molecule has 19 heavy (non-hydrogen) atoms. The van der Waals surface area contributed by atoms with E-state index in [1.165, 1.54) is 12.8 Å². The first-order valence-electron chi connectivity index (χ1n) is 7.38. The van der Waals surface area contributed by atoms with Gasteiger partial charge in [0.05, 0.1) is 0 Å². The van der Waals surface area contributed by atoms with Gasteiger partial charge in [0.15, 0.2) is 0 Å². The number of rotatable bonds is 2. The van der Waals surface area contributed by atoms with Gasteiger partial charge in [0, 0.05) is 12.1 Å². The molecule has 0 amide bonds. The van der Waals surface area contributed by atoms with E-state index in [1.54, 1.807) is 0 Å². The highest BCUT2D eigenvalue weighted by Gasteiger charge is 2.28. The van der Waals surface area contributed by atoms with Crippen LogP contribution in [0.15, 0.2) is 18.2 Å². The molecule has 1 heterocycles. The van der Waals surface area contributed by atoms with E-state index < -0.39 is 0 Å². The zero-order chi connectivity index (χ0) is 14.0. The van der Waals surface area contributed by atoms with Gasteiger partial charge in [-0.05, 0) is 49.8 Å². The minimum absolute atomic E-state index is 0.428. The van der Waals surface area contributed by atoms with Gasteiger partial charge in [0.1, 0.15) is 5.75 Å². The van der Waals surface area contributed by atoms with E-state index in [2.05, 4.69) is 25.7 Å². The summed E-state index contributed by atoms with van der Waals surface area (Å²) in [4.78, 5) is 2.47. The Morgan fingerprint density at radius 3 is 2.42 bits per heavy atom. The smallest absolute Gasteiger partial charge is 0.122 e. The maximum absolute atomic E-state index is 10.1. The van der Waals surface area contributed by atoms with Crippen molar-refractivity contribution in [1.29, 1.82) is 0 Å². The molecule has 2 heteroatoms. The number of para-hydroxylation sites is 1. The van der Waals surface area contributed by atoms with Crippen LogP contribution < -0.4 is 0 Å². The molecule has 0 saturated carbocycles. The molecule has 1 saturated heterocycles. The molecule has 106 valence electrons. The summed E-state index contributed by atoms with van der Waals surface area (Å²) in [6.07, 6.45) is 2.55. The van der Waals surface area contributed by atoms with Crippen molar-refractivity contribution >= 4 is 0 Å². The van der Waals surface area contributed by atoms with E-state index in [-0.39, 0.29) is 0 Å². The molecule has 2 nitrogen and oxygen atoms in total. The Kier molecular flexibility index (Phi) is 4.19. The van der Waals surface area contributed by atoms with E-state index in [0.717, 1.165) is 36.7 Å². The third kappa shape index (κ3) is 3.50. The highest BCUT2D eigenvalue weighted by Crippen LogP contribution is 2.35. The number of benzene rings is 1. The van der Waals surface area contributed by atoms with Crippen LogP contribution in [0.4, 0.5) is 0 Å². The zero-order valence-electron chi connectivity index (χ0n) is 12.7. The summed E-state index contributed by atoms with van der Waals surface area (Å²) >= 11 is 0. The van der Waals surface area contributed by atoms with Crippen LogP contribution in [-0.2, 0) is 6.54 Å². The van der Waals surface area contributed by atoms with Crippen LogP contribution in [0.5, 0.6) is 5.75 Å². The van der Waals surface area contributed by atoms with Gasteiger partial charge in [0.2, 0.25) is 0 Å². The molecule has 0 spiro atoms. The molecule has 0 aromatic heterocycles. The van der Waals surface area contributed by atoms with E-state index in [1.807, 2.05) is 25.1 Å². The van der Waals surface area contributed by atoms with Gasteiger partial charge >= 0.3 is 0 Å². The molecule has 1 aliphatic rings. The van der Waals surface area contributed by atoms with Gasteiger partial charge in [-0.2, -0.15) is 0 Å². The van der Waals surface area contributed by atoms with Crippen molar-refractivity contribution in [2.45, 2.75) is 47.1 Å². The maximum atomic E-state index is 10.1. The second-order valence-electron chi connectivity index (χ2n) is 7.00. The molecule has 2 rings (SSSR count). The largest absolute Gasteiger partial charge is 0.507 e. The molecule has 0 radical (unpaired) electrons. The molecule has 1 aliphatic heterocycles. The Hall–Kier alpha value is -1.02. The Morgan fingerprint density at radius 1 is 1.21 bits per heavy atom. The minimum Gasteiger partial charge on any atom is -0.507 e. The number of hydrogen-bond acceptors (Lipinski definition) is 2. The Labute approximate surface area is 117 Å². The first-order chi connectivity index (χ1) is 8.88. The molecule has 0 atom stereocenters. The van der Waals surface area contributed by atoms with Gasteiger partial charge < -0.3 is 5.11 Å². The van der Waals surface area contributed by atoms with Crippen molar-refractivity contribution in [1.82, 2.24) is 4.90 Å². The number of phenols is 1. The van der Waals surface area contributed by atoms with E-state index in [0.29, 0.717) is 11.2 Å². The number of aryl methyl sites for hydroxylation is 1. The van der Waals surface area contributed by atoms with Crippen LogP contribution in [0.2, 0.25) is 0 Å². The number of aromatic hydroxyl groups is 1. The summed E-state index contributed by atoms with van der Waals surface area (Å²) in [5, 5.41) is 10.1. The quantitative estimate of drug-likeness (QED) is 0.871. The number of phenolic OH excluding ortho intramolecular Hbond substituents is 1. The standard InChI is InChI=1S/C17H27NO/c1-13-6-5-7-14(16(13)19)12-18-10-8-15(9-11-18)17(2,3)4/h5-7,15,19H,8-12H2,1-4H3. The third-order valence-electron chi connectivity index (χ3n) is 4.53. The molecule has 1 aromatic rings. The van der Waals surface area contributed by atoms with Crippen molar-refractivity contribution in [2.24, 2.45) is 11.3 Å². The monoisotopic (exact) mass is 261 g/mol. The topological polar surface area (TPSA) is 23.5 Å². The van der Waals surface area contributed by atoms with Crippen LogP contribution in [0.1, 0.15) is 44.7 Å². The Morgan fingerprint density at radius 2 is 1.84 bits per heavy atom. The summed E-state index contributed by atoms with van der Waals surface area (Å²) in [5.41, 5.74) is 2.47. The molecular weight excluding hydrogens is 234 g/mol. The van der Waals surface area contributed by atoms with E-state index in [9.17, 15) is 5.11 Å². The van der Waals surface area contributed by atoms with Gasteiger partial charge in [-0.15, -0.1) is 0 Å². The fourth-order valence-electron chi connectivity index (χ4n) is 3.05. The predicted octanol–water partition coefficient (Wildman–Crippen LogP) is 3.96. The number of likely N-dealkylation sites (tertiary alicyclic amines) is 1. The molecule has 1 aromatic carbocycles. The second-order valence-corrected chi connectivity index (χ2v) is 7.00. The van der Waals surface area contributed by atoms with Crippen molar-refractivity contribution in [3.8, 4) is 5.75 Å². The highest BCUT2D eigenvalue weighted by molar-refractivity contribution is 5.39. The summed E-state index contributed by atoms with van der Waals surface area (Å²) in [5.74, 6) is 1.30. The number of hydrogen-bond donors (Lipinski definition) is 1. The normalized spacial score (nSPS) is 18.7.